The Morgan fingerprint density at radius 1 is 1.53 bits per heavy atom. The van der Waals surface area contributed by atoms with Gasteiger partial charge in [-0.3, -0.25) is 0 Å². The highest BCUT2D eigenvalue weighted by atomic mass is 32.2. The Bertz CT molecular complexity index is 347. The summed E-state index contributed by atoms with van der Waals surface area (Å²) in [5.41, 5.74) is 0. The molecule has 2 atom stereocenters. The van der Waals surface area contributed by atoms with Crippen LogP contribution in [0.2, 0.25) is 0 Å². The molecule has 0 spiro atoms. The predicted octanol–water partition coefficient (Wildman–Crippen LogP) is 0.715. The van der Waals surface area contributed by atoms with E-state index < -0.39 is 0 Å². The normalized spacial score (nSPS) is 25.1. The first-order valence-electron chi connectivity index (χ1n) is 5.90. The summed E-state index contributed by atoms with van der Waals surface area (Å²) in [5.74, 6) is 0. The van der Waals surface area contributed by atoms with E-state index in [-0.39, 0.29) is 6.61 Å². The van der Waals surface area contributed by atoms with Crippen molar-refractivity contribution in [1.29, 1.82) is 0 Å². The number of hydrogen-bond acceptors (Lipinski definition) is 6. The number of methoxy groups -OCH3 is 1. The maximum Gasteiger partial charge on any atom is 0.209 e. The molecule has 1 aliphatic rings. The summed E-state index contributed by atoms with van der Waals surface area (Å²) < 4.78 is 7.06. The van der Waals surface area contributed by atoms with E-state index in [1.807, 2.05) is 0 Å². The number of nitrogens with zero attached hydrogens (tertiary/aromatic N) is 4. The molecule has 1 N–H and O–H groups in total. The highest BCUT2D eigenvalue weighted by Gasteiger charge is 2.24. The largest absolute Gasteiger partial charge is 0.394 e. The van der Waals surface area contributed by atoms with Crippen molar-refractivity contribution in [3.63, 3.8) is 0 Å². The molecule has 1 aromatic heterocycles. The number of aliphatic hydroxyl groups excluding tert-OH is 1. The fourth-order valence-electron chi connectivity index (χ4n) is 2.09. The topological polar surface area (TPSA) is 73.1 Å². The van der Waals surface area contributed by atoms with Crippen molar-refractivity contribution in [3.05, 3.63) is 0 Å². The molecule has 0 radical (unpaired) electrons. The summed E-state index contributed by atoms with van der Waals surface area (Å²) in [6.45, 7) is 0.514. The smallest absolute Gasteiger partial charge is 0.209 e. The lowest BCUT2D eigenvalue weighted by Gasteiger charge is -2.27. The lowest BCUT2D eigenvalue weighted by atomic mass is 9.97. The van der Waals surface area contributed by atoms with Crippen molar-refractivity contribution in [2.45, 2.75) is 48.7 Å². The standard InChI is InChI=1S/C10H18N4O2S/c1-16-8-3-2-4-9(7-8)17-10-11-12-13-14(10)5-6-15/h8-9,15H,2-7H2,1H3. The average molecular weight is 258 g/mol. The van der Waals surface area contributed by atoms with E-state index in [0.717, 1.165) is 18.0 Å². The van der Waals surface area contributed by atoms with Gasteiger partial charge in [-0.25, -0.2) is 4.68 Å². The van der Waals surface area contributed by atoms with Crippen LogP contribution in [0.5, 0.6) is 0 Å². The maximum atomic E-state index is 8.90. The average Bonchev–Trinajstić information content (AvgIpc) is 2.78. The lowest BCUT2D eigenvalue weighted by molar-refractivity contribution is 0.0730. The van der Waals surface area contributed by atoms with Crippen LogP contribution in [-0.4, -0.2) is 50.4 Å². The second-order valence-electron chi connectivity index (χ2n) is 4.17. The SMILES string of the molecule is COC1CCCC(Sc2nnnn2CCO)C1. The Morgan fingerprint density at radius 3 is 3.18 bits per heavy atom. The number of aromatic nitrogens is 4. The zero-order valence-corrected chi connectivity index (χ0v) is 10.8. The number of aliphatic hydroxyl groups is 1. The molecular weight excluding hydrogens is 240 g/mol. The summed E-state index contributed by atoms with van der Waals surface area (Å²) in [6, 6.07) is 0. The molecule has 2 unspecified atom stereocenters. The third-order valence-electron chi connectivity index (χ3n) is 2.99. The van der Waals surface area contributed by atoms with Gasteiger partial charge >= 0.3 is 0 Å². The highest BCUT2D eigenvalue weighted by molar-refractivity contribution is 7.99. The Balaban J connectivity index is 1.93. The third kappa shape index (κ3) is 3.40. The minimum Gasteiger partial charge on any atom is -0.394 e. The first-order chi connectivity index (χ1) is 8.33. The molecule has 0 aromatic carbocycles. The number of hydrogen-bond donors (Lipinski definition) is 1. The van der Waals surface area contributed by atoms with Crippen LogP contribution in [0, 0.1) is 0 Å². The highest BCUT2D eigenvalue weighted by Crippen LogP contribution is 2.33. The first-order valence-corrected chi connectivity index (χ1v) is 6.78. The maximum absolute atomic E-state index is 8.90. The number of thioether (sulfide) groups is 1. The van der Waals surface area contributed by atoms with E-state index in [4.69, 9.17) is 9.84 Å². The Morgan fingerprint density at radius 2 is 2.41 bits per heavy atom. The van der Waals surface area contributed by atoms with Gasteiger partial charge in [-0.15, -0.1) is 5.10 Å². The van der Waals surface area contributed by atoms with Crippen LogP contribution in [0.25, 0.3) is 0 Å². The fraction of sp³-hybridized carbons (Fsp3) is 0.900. The van der Waals surface area contributed by atoms with Crippen LogP contribution in [0.15, 0.2) is 5.16 Å². The van der Waals surface area contributed by atoms with Crippen molar-refractivity contribution < 1.29 is 9.84 Å². The molecule has 1 saturated carbocycles. The van der Waals surface area contributed by atoms with Crippen LogP contribution < -0.4 is 0 Å². The van der Waals surface area contributed by atoms with Crippen molar-refractivity contribution in [3.8, 4) is 0 Å². The van der Waals surface area contributed by atoms with Gasteiger partial charge in [0.05, 0.1) is 19.3 Å². The molecule has 1 aromatic rings. The molecular formula is C10H18N4O2S. The van der Waals surface area contributed by atoms with Gasteiger partial charge in [0.2, 0.25) is 5.16 Å². The van der Waals surface area contributed by atoms with Gasteiger partial charge < -0.3 is 9.84 Å². The molecule has 6 nitrogen and oxygen atoms in total. The predicted molar refractivity (Wildman–Crippen MR) is 63.8 cm³/mol. The zero-order chi connectivity index (χ0) is 12.1. The van der Waals surface area contributed by atoms with E-state index in [0.29, 0.717) is 17.9 Å². The van der Waals surface area contributed by atoms with Crippen molar-refractivity contribution in [2.24, 2.45) is 0 Å². The van der Waals surface area contributed by atoms with Gasteiger partial charge in [0.25, 0.3) is 0 Å². The van der Waals surface area contributed by atoms with Gasteiger partial charge in [-0.1, -0.05) is 11.8 Å². The molecule has 1 fully saturated rings. The van der Waals surface area contributed by atoms with Crippen molar-refractivity contribution >= 4 is 11.8 Å². The fourth-order valence-corrected chi connectivity index (χ4v) is 3.31. The third-order valence-corrected chi connectivity index (χ3v) is 4.26. The van der Waals surface area contributed by atoms with Gasteiger partial charge in [-0.2, -0.15) is 0 Å². The lowest BCUT2D eigenvalue weighted by Crippen LogP contribution is -2.23. The van der Waals surface area contributed by atoms with Crippen molar-refractivity contribution in [2.75, 3.05) is 13.7 Å². The van der Waals surface area contributed by atoms with Gasteiger partial charge in [0.1, 0.15) is 0 Å². The summed E-state index contributed by atoms with van der Waals surface area (Å²) >= 11 is 1.69. The van der Waals surface area contributed by atoms with E-state index in [9.17, 15) is 0 Å². The summed E-state index contributed by atoms with van der Waals surface area (Å²) in [5, 5.41) is 21.7. The van der Waals surface area contributed by atoms with Gasteiger partial charge in [0, 0.05) is 12.4 Å². The van der Waals surface area contributed by atoms with E-state index in [2.05, 4.69) is 15.5 Å². The molecule has 0 bridgehead atoms. The zero-order valence-electron chi connectivity index (χ0n) is 9.95. The number of ether oxygens (including phenoxy) is 1. The van der Waals surface area contributed by atoms with Crippen LogP contribution in [-0.2, 0) is 11.3 Å². The summed E-state index contributed by atoms with van der Waals surface area (Å²) in [7, 11) is 1.77. The van der Waals surface area contributed by atoms with Crippen LogP contribution in [0.3, 0.4) is 0 Å². The Hall–Kier alpha value is -0.660. The molecule has 17 heavy (non-hydrogen) atoms. The van der Waals surface area contributed by atoms with Gasteiger partial charge in [0.15, 0.2) is 0 Å². The van der Waals surface area contributed by atoms with E-state index >= 15 is 0 Å². The van der Waals surface area contributed by atoms with E-state index in [1.54, 1.807) is 23.6 Å². The quantitative estimate of drug-likeness (QED) is 0.838. The molecule has 2 rings (SSSR count). The molecule has 1 aliphatic carbocycles. The second-order valence-corrected chi connectivity index (χ2v) is 5.44. The number of tetrazole rings is 1. The summed E-state index contributed by atoms with van der Waals surface area (Å²) in [4.78, 5) is 0. The van der Waals surface area contributed by atoms with Gasteiger partial charge in [-0.05, 0) is 36.1 Å². The Labute approximate surface area is 105 Å². The minimum atomic E-state index is 0.0595. The molecule has 0 aliphatic heterocycles. The van der Waals surface area contributed by atoms with Crippen molar-refractivity contribution in [1.82, 2.24) is 20.2 Å². The molecule has 0 saturated heterocycles. The monoisotopic (exact) mass is 258 g/mol. The molecule has 96 valence electrons. The van der Waals surface area contributed by atoms with Crippen LogP contribution in [0.1, 0.15) is 25.7 Å². The van der Waals surface area contributed by atoms with Crippen LogP contribution >= 0.6 is 11.8 Å². The second kappa shape index (κ2) is 6.32. The minimum absolute atomic E-state index is 0.0595. The number of rotatable bonds is 5. The molecule has 1 heterocycles. The van der Waals surface area contributed by atoms with E-state index in [1.165, 1.54) is 12.8 Å². The molecule has 0 amide bonds. The van der Waals surface area contributed by atoms with Crippen LogP contribution in [0.4, 0.5) is 0 Å². The summed E-state index contributed by atoms with van der Waals surface area (Å²) in [6.07, 6.45) is 4.93. The first kappa shape index (κ1) is 12.8. The molecule has 7 heteroatoms. The Kier molecular flexibility index (Phi) is 4.75.